The van der Waals surface area contributed by atoms with Gasteiger partial charge in [0.05, 0.1) is 0 Å². The predicted octanol–water partition coefficient (Wildman–Crippen LogP) is 12.5. The molecule has 0 fully saturated rings. The molecule has 6 rings (SSSR count). The highest BCUT2D eigenvalue weighted by molar-refractivity contribution is 5.77. The van der Waals surface area contributed by atoms with Gasteiger partial charge in [0, 0.05) is 34.7 Å². The van der Waals surface area contributed by atoms with E-state index in [1.54, 1.807) is 0 Å². The maximum absolute atomic E-state index is 4.68. The molecule has 0 radical (unpaired) electrons. The Kier molecular flexibility index (Phi) is 13.5. The number of rotatable bonds is 11. The molecule has 1 heterocycles. The second kappa shape index (κ2) is 18.2. The van der Waals surface area contributed by atoms with Crippen LogP contribution in [0.2, 0.25) is 0 Å². The summed E-state index contributed by atoms with van der Waals surface area (Å²) >= 11 is 0. The number of nitrogens with zero attached hydrogens (tertiary/aromatic N) is 4. The van der Waals surface area contributed by atoms with Gasteiger partial charge >= 0.3 is 0 Å². The highest BCUT2D eigenvalue weighted by Crippen LogP contribution is 2.37. The van der Waals surface area contributed by atoms with Crippen molar-refractivity contribution in [3.05, 3.63) is 164 Å². The van der Waals surface area contributed by atoms with Gasteiger partial charge in [-0.25, -0.2) is 0 Å². The molecule has 0 N–H and O–H groups in total. The Morgan fingerprint density at radius 1 is 0.633 bits per heavy atom. The monoisotopic (exact) mass is 646 g/mol. The van der Waals surface area contributed by atoms with Crippen molar-refractivity contribution < 1.29 is 0 Å². The lowest BCUT2D eigenvalue weighted by Gasteiger charge is -2.28. The van der Waals surface area contributed by atoms with Crippen LogP contribution in [0.15, 0.2) is 153 Å². The van der Waals surface area contributed by atoms with Crippen LogP contribution in [0, 0.1) is 0 Å². The van der Waals surface area contributed by atoms with Crippen molar-refractivity contribution in [2.45, 2.75) is 53.9 Å². The van der Waals surface area contributed by atoms with Crippen molar-refractivity contribution >= 4 is 11.4 Å². The second-order valence-corrected chi connectivity index (χ2v) is 11.4. The molecule has 250 valence electrons. The van der Waals surface area contributed by atoms with E-state index < -0.39 is 0 Å². The largest absolute Gasteiger partial charge is 0.337 e. The summed E-state index contributed by atoms with van der Waals surface area (Å²) in [5.74, 6) is 1.96. The van der Waals surface area contributed by atoms with Crippen LogP contribution in [0.3, 0.4) is 0 Å². The van der Waals surface area contributed by atoms with Crippen LogP contribution in [-0.2, 0) is 6.42 Å². The van der Waals surface area contributed by atoms with E-state index in [2.05, 4.69) is 138 Å². The van der Waals surface area contributed by atoms with Gasteiger partial charge in [0.15, 0.2) is 11.6 Å². The average Bonchev–Trinajstić information content (AvgIpc) is 3.62. The van der Waals surface area contributed by atoms with Crippen molar-refractivity contribution in [1.29, 1.82) is 0 Å². The molecule has 0 amide bonds. The Bertz CT molecular complexity index is 1900. The van der Waals surface area contributed by atoms with Gasteiger partial charge in [-0.3, -0.25) is 4.57 Å². The van der Waals surface area contributed by atoms with Crippen molar-refractivity contribution in [3.8, 4) is 39.6 Å². The summed E-state index contributed by atoms with van der Waals surface area (Å²) in [5, 5.41) is 9.31. The Hall–Kier alpha value is -5.48. The summed E-state index contributed by atoms with van der Waals surface area (Å²) in [5.41, 5.74) is 10.3. The van der Waals surface area contributed by atoms with Crippen LogP contribution in [-0.4, -0.2) is 21.3 Å². The average molecular weight is 647 g/mol. The van der Waals surface area contributed by atoms with E-state index in [0.717, 1.165) is 40.6 Å². The lowest BCUT2D eigenvalue weighted by atomic mass is 9.91. The van der Waals surface area contributed by atoms with Crippen molar-refractivity contribution in [3.63, 3.8) is 0 Å². The van der Waals surface area contributed by atoms with Gasteiger partial charge in [-0.1, -0.05) is 151 Å². The quantitative estimate of drug-likeness (QED) is 0.131. The van der Waals surface area contributed by atoms with Crippen LogP contribution in [0.4, 0.5) is 11.4 Å². The summed E-state index contributed by atoms with van der Waals surface area (Å²) in [4.78, 5) is 2.34. The van der Waals surface area contributed by atoms with Crippen molar-refractivity contribution in [2.75, 3.05) is 11.4 Å². The maximum Gasteiger partial charge on any atom is 0.168 e. The minimum Gasteiger partial charge on any atom is -0.337 e. The first-order chi connectivity index (χ1) is 24.1. The SMILES string of the molecule is C=CCc1ccccc1N(CC=C)c1ccc(-c2ccc(-c3nnc(-c4ccccc4)n3-c3ccccc3)cc2)c(C(C)C)c1.CC.CC. The topological polar surface area (TPSA) is 34.0 Å². The second-order valence-electron chi connectivity index (χ2n) is 11.4. The van der Waals surface area contributed by atoms with Gasteiger partial charge in [-0.2, -0.15) is 0 Å². The predicted molar refractivity (Wildman–Crippen MR) is 212 cm³/mol. The van der Waals surface area contributed by atoms with Gasteiger partial charge < -0.3 is 4.90 Å². The minimum atomic E-state index is 0.336. The van der Waals surface area contributed by atoms with E-state index in [1.165, 1.54) is 27.9 Å². The molecule has 0 aliphatic carbocycles. The summed E-state index contributed by atoms with van der Waals surface area (Å²) < 4.78 is 2.14. The summed E-state index contributed by atoms with van der Waals surface area (Å²) in [6.07, 6.45) is 4.74. The van der Waals surface area contributed by atoms with E-state index >= 15 is 0 Å². The van der Waals surface area contributed by atoms with Crippen LogP contribution in [0.5, 0.6) is 0 Å². The summed E-state index contributed by atoms with van der Waals surface area (Å²) in [7, 11) is 0. The first kappa shape index (κ1) is 36.4. The van der Waals surface area contributed by atoms with E-state index in [0.29, 0.717) is 12.5 Å². The zero-order valence-corrected chi connectivity index (χ0v) is 30.0. The number of allylic oxidation sites excluding steroid dienone is 1. The normalized spacial score (nSPS) is 10.3. The fourth-order valence-corrected chi connectivity index (χ4v) is 5.90. The summed E-state index contributed by atoms with van der Waals surface area (Å²) in [6, 6.07) is 44.6. The zero-order valence-electron chi connectivity index (χ0n) is 30.0. The fourth-order valence-electron chi connectivity index (χ4n) is 5.90. The number of anilines is 2. The van der Waals surface area contributed by atoms with Gasteiger partial charge in [0.2, 0.25) is 0 Å². The zero-order chi connectivity index (χ0) is 35.2. The van der Waals surface area contributed by atoms with Crippen molar-refractivity contribution in [2.24, 2.45) is 0 Å². The van der Waals surface area contributed by atoms with E-state index in [-0.39, 0.29) is 0 Å². The number of hydrogen-bond acceptors (Lipinski definition) is 3. The molecular weight excluding hydrogens is 597 g/mol. The van der Waals surface area contributed by atoms with Crippen LogP contribution in [0.25, 0.3) is 39.6 Å². The molecule has 4 heteroatoms. The molecule has 5 aromatic carbocycles. The van der Waals surface area contributed by atoms with E-state index in [1.807, 2.05) is 76.2 Å². The molecule has 4 nitrogen and oxygen atoms in total. The molecule has 0 bridgehead atoms. The highest BCUT2D eigenvalue weighted by Gasteiger charge is 2.19. The van der Waals surface area contributed by atoms with Crippen LogP contribution >= 0.6 is 0 Å². The molecular formula is C45H50N4. The number of benzene rings is 5. The van der Waals surface area contributed by atoms with Gasteiger partial charge in [-0.15, -0.1) is 23.4 Å². The number of hydrogen-bond donors (Lipinski definition) is 0. The van der Waals surface area contributed by atoms with Crippen molar-refractivity contribution in [1.82, 2.24) is 14.8 Å². The molecule has 0 spiro atoms. The molecule has 0 aliphatic rings. The number of para-hydroxylation sites is 2. The molecule has 1 aromatic heterocycles. The Balaban J connectivity index is 0.00000130. The molecule has 0 unspecified atom stereocenters. The van der Waals surface area contributed by atoms with Crippen LogP contribution < -0.4 is 4.90 Å². The lowest BCUT2D eigenvalue weighted by molar-refractivity contribution is 0.867. The Labute approximate surface area is 294 Å². The maximum atomic E-state index is 4.68. The van der Waals surface area contributed by atoms with Gasteiger partial charge in [0.25, 0.3) is 0 Å². The lowest BCUT2D eigenvalue weighted by Crippen LogP contribution is -2.18. The first-order valence-electron chi connectivity index (χ1n) is 17.5. The van der Waals surface area contributed by atoms with Gasteiger partial charge in [0.1, 0.15) is 0 Å². The third-order valence-corrected chi connectivity index (χ3v) is 8.09. The summed E-state index contributed by atoms with van der Waals surface area (Å²) in [6.45, 7) is 21.3. The molecule has 6 aromatic rings. The van der Waals surface area contributed by atoms with Gasteiger partial charge in [-0.05, 0) is 64.9 Å². The minimum absolute atomic E-state index is 0.336. The van der Waals surface area contributed by atoms with Crippen LogP contribution in [0.1, 0.15) is 58.6 Å². The van der Waals surface area contributed by atoms with E-state index in [4.69, 9.17) is 0 Å². The number of aromatic nitrogens is 3. The highest BCUT2D eigenvalue weighted by atomic mass is 15.3. The Morgan fingerprint density at radius 2 is 1.18 bits per heavy atom. The molecule has 0 saturated carbocycles. The third-order valence-electron chi connectivity index (χ3n) is 8.09. The first-order valence-corrected chi connectivity index (χ1v) is 17.5. The molecule has 0 atom stereocenters. The standard InChI is InChI=1S/C41H38N4.2C2H6/c1-5-15-32-16-13-14-21-39(32)44(28-6-2)36-26-27-37(38(29-36)30(3)4)31-22-24-34(25-23-31)41-43-42-40(33-17-9-7-10-18-33)45(41)35-19-11-8-12-20-35;2*1-2/h5-14,16-27,29-30H,1-2,15,28H2,3-4H3;2*1-2H3. The molecule has 49 heavy (non-hydrogen) atoms. The Morgan fingerprint density at radius 3 is 1.78 bits per heavy atom. The molecule has 0 saturated heterocycles. The third kappa shape index (κ3) is 8.33. The smallest absolute Gasteiger partial charge is 0.168 e. The van der Waals surface area contributed by atoms with E-state index in [9.17, 15) is 0 Å². The molecule has 0 aliphatic heterocycles. The fraction of sp³-hybridized carbons (Fsp3) is 0.200.